The fourth-order valence-electron chi connectivity index (χ4n) is 2.10. The number of aliphatic carboxylic acids is 1. The Morgan fingerprint density at radius 3 is 2.95 bits per heavy atom. The summed E-state index contributed by atoms with van der Waals surface area (Å²) < 4.78 is 5.12. The number of amides is 1. The van der Waals surface area contributed by atoms with E-state index in [9.17, 15) is 9.59 Å². The molecule has 0 radical (unpaired) electrons. The molecule has 7 heteroatoms. The van der Waals surface area contributed by atoms with Crippen molar-refractivity contribution >= 4 is 23.2 Å². The Balaban J connectivity index is 2.12. The van der Waals surface area contributed by atoms with Crippen molar-refractivity contribution in [3.05, 3.63) is 15.6 Å². The Bertz CT molecular complexity index is 514. The number of aryl methyl sites for hydroxylation is 2. The fraction of sp³-hybridized carbons (Fsp3) is 0.615. The summed E-state index contributed by atoms with van der Waals surface area (Å²) in [5.41, 5.74) is 0.724. The van der Waals surface area contributed by atoms with Crippen LogP contribution in [-0.2, 0) is 16.0 Å². The van der Waals surface area contributed by atoms with Gasteiger partial charge < -0.3 is 14.7 Å². The van der Waals surface area contributed by atoms with Crippen LogP contribution in [-0.4, -0.2) is 52.7 Å². The van der Waals surface area contributed by atoms with E-state index < -0.39 is 12.1 Å². The normalized spacial score (nSPS) is 19.1. The summed E-state index contributed by atoms with van der Waals surface area (Å²) in [4.78, 5) is 29.9. The van der Waals surface area contributed by atoms with Crippen LogP contribution < -0.4 is 0 Å². The number of hydrogen-bond acceptors (Lipinski definition) is 5. The number of hydrogen-bond donors (Lipinski definition) is 1. The molecule has 1 N–H and O–H groups in total. The molecular weight excluding hydrogens is 280 g/mol. The minimum atomic E-state index is -1.03. The molecule has 1 fully saturated rings. The average molecular weight is 298 g/mol. The van der Waals surface area contributed by atoms with E-state index in [-0.39, 0.29) is 19.1 Å². The molecule has 0 bridgehead atoms. The monoisotopic (exact) mass is 298 g/mol. The van der Waals surface area contributed by atoms with Crippen LogP contribution in [0.25, 0.3) is 0 Å². The summed E-state index contributed by atoms with van der Waals surface area (Å²) in [6.45, 7) is 4.65. The molecule has 1 aromatic heterocycles. The molecular formula is C13H18N2O4S. The number of nitrogens with zero attached hydrogens (tertiary/aromatic N) is 2. The lowest BCUT2D eigenvalue weighted by molar-refractivity contribution is -0.154. The van der Waals surface area contributed by atoms with Crippen LogP contribution in [0.4, 0.5) is 0 Å². The Kier molecular flexibility index (Phi) is 4.72. The second-order valence-corrected chi connectivity index (χ2v) is 5.80. The Morgan fingerprint density at radius 2 is 2.30 bits per heavy atom. The zero-order valence-corrected chi connectivity index (χ0v) is 12.4. The van der Waals surface area contributed by atoms with E-state index in [1.807, 2.05) is 6.92 Å². The van der Waals surface area contributed by atoms with Gasteiger partial charge in [-0.25, -0.2) is 9.78 Å². The van der Waals surface area contributed by atoms with Crippen LogP contribution in [0.3, 0.4) is 0 Å². The molecule has 1 saturated heterocycles. The van der Waals surface area contributed by atoms with Crippen molar-refractivity contribution in [3.8, 4) is 0 Å². The summed E-state index contributed by atoms with van der Waals surface area (Å²) in [6.07, 6.45) is 0.912. The fourth-order valence-corrected chi connectivity index (χ4v) is 3.23. The first-order chi connectivity index (χ1) is 9.52. The minimum absolute atomic E-state index is 0.0919. The number of carboxylic acid groups (broad SMARTS) is 1. The van der Waals surface area contributed by atoms with Crippen molar-refractivity contribution in [2.24, 2.45) is 0 Å². The van der Waals surface area contributed by atoms with Crippen molar-refractivity contribution in [1.29, 1.82) is 0 Å². The molecule has 0 unspecified atom stereocenters. The first-order valence-electron chi connectivity index (χ1n) is 6.63. The van der Waals surface area contributed by atoms with E-state index in [4.69, 9.17) is 9.84 Å². The van der Waals surface area contributed by atoms with Gasteiger partial charge in [-0.2, -0.15) is 0 Å². The molecule has 1 amide bonds. The molecule has 1 aliphatic rings. The Labute approximate surface area is 121 Å². The summed E-state index contributed by atoms with van der Waals surface area (Å²) in [5, 5.41) is 9.92. The average Bonchev–Trinajstić information content (AvgIpc) is 2.79. The quantitative estimate of drug-likeness (QED) is 0.907. The number of morpholine rings is 1. The lowest BCUT2D eigenvalue weighted by atomic mass is 10.2. The van der Waals surface area contributed by atoms with Gasteiger partial charge in [0.05, 0.1) is 23.9 Å². The van der Waals surface area contributed by atoms with Crippen molar-refractivity contribution < 1.29 is 19.4 Å². The standard InChI is InChI=1S/C13H18N2O4S/c1-3-4-10-14-8(2)11(20-10)12(16)15-5-6-19-9(7-15)13(17)18/h9H,3-7H2,1-2H3,(H,17,18)/t9-/m0/s1. The van der Waals surface area contributed by atoms with Crippen molar-refractivity contribution in [1.82, 2.24) is 9.88 Å². The van der Waals surface area contributed by atoms with Crippen LogP contribution in [0.5, 0.6) is 0 Å². The molecule has 2 heterocycles. The highest BCUT2D eigenvalue weighted by atomic mass is 32.1. The van der Waals surface area contributed by atoms with E-state index in [0.29, 0.717) is 11.4 Å². The van der Waals surface area contributed by atoms with Crippen molar-refractivity contribution in [3.63, 3.8) is 0 Å². The van der Waals surface area contributed by atoms with Crippen LogP contribution in [0.15, 0.2) is 0 Å². The third-order valence-corrected chi connectivity index (χ3v) is 4.33. The zero-order valence-electron chi connectivity index (χ0n) is 11.6. The van der Waals surface area contributed by atoms with Crippen LogP contribution in [0.2, 0.25) is 0 Å². The third-order valence-electron chi connectivity index (χ3n) is 3.13. The summed E-state index contributed by atoms with van der Waals surface area (Å²) in [5.74, 6) is -1.17. The second kappa shape index (κ2) is 6.32. The lowest BCUT2D eigenvalue weighted by Gasteiger charge is -2.30. The molecule has 0 saturated carbocycles. The summed E-state index contributed by atoms with van der Waals surface area (Å²) in [6, 6.07) is 0. The van der Waals surface area contributed by atoms with Crippen molar-refractivity contribution in [2.45, 2.75) is 32.8 Å². The van der Waals surface area contributed by atoms with E-state index in [0.717, 1.165) is 23.5 Å². The van der Waals surface area contributed by atoms with Gasteiger partial charge in [-0.15, -0.1) is 11.3 Å². The number of ether oxygens (including phenoxy) is 1. The van der Waals surface area contributed by atoms with Crippen LogP contribution in [0.1, 0.15) is 33.7 Å². The van der Waals surface area contributed by atoms with E-state index in [1.54, 1.807) is 4.90 Å². The molecule has 20 heavy (non-hydrogen) atoms. The molecule has 0 aliphatic carbocycles. The highest BCUT2D eigenvalue weighted by Gasteiger charge is 2.31. The van der Waals surface area contributed by atoms with Crippen molar-refractivity contribution in [2.75, 3.05) is 19.7 Å². The molecule has 6 nitrogen and oxygen atoms in total. The van der Waals surface area contributed by atoms with Gasteiger partial charge in [-0.3, -0.25) is 4.79 Å². The maximum absolute atomic E-state index is 12.5. The number of carboxylic acids is 1. The molecule has 1 atom stereocenters. The van der Waals surface area contributed by atoms with Gasteiger partial charge in [0.2, 0.25) is 0 Å². The predicted octanol–water partition coefficient (Wildman–Crippen LogP) is 1.33. The van der Waals surface area contributed by atoms with Gasteiger partial charge >= 0.3 is 5.97 Å². The van der Waals surface area contributed by atoms with E-state index in [1.165, 1.54) is 11.3 Å². The Morgan fingerprint density at radius 1 is 1.55 bits per heavy atom. The number of carbonyl (C=O) groups excluding carboxylic acids is 1. The van der Waals surface area contributed by atoms with Gasteiger partial charge in [0.1, 0.15) is 4.88 Å². The number of carbonyl (C=O) groups is 2. The van der Waals surface area contributed by atoms with E-state index >= 15 is 0 Å². The number of rotatable bonds is 4. The molecule has 0 aromatic carbocycles. The number of aromatic nitrogens is 1. The zero-order chi connectivity index (χ0) is 14.7. The second-order valence-electron chi connectivity index (χ2n) is 4.72. The molecule has 0 spiro atoms. The van der Waals surface area contributed by atoms with Gasteiger partial charge in [0, 0.05) is 6.54 Å². The lowest BCUT2D eigenvalue weighted by Crippen LogP contribution is -2.48. The number of thiazole rings is 1. The Hall–Kier alpha value is -1.47. The molecule has 1 aromatic rings. The maximum Gasteiger partial charge on any atom is 0.334 e. The first kappa shape index (κ1) is 14.9. The van der Waals surface area contributed by atoms with Gasteiger partial charge in [-0.05, 0) is 19.8 Å². The third kappa shape index (κ3) is 3.16. The van der Waals surface area contributed by atoms with Gasteiger partial charge in [0.15, 0.2) is 6.10 Å². The summed E-state index contributed by atoms with van der Waals surface area (Å²) in [7, 11) is 0. The topological polar surface area (TPSA) is 79.7 Å². The predicted molar refractivity (Wildman–Crippen MR) is 74.1 cm³/mol. The highest BCUT2D eigenvalue weighted by Crippen LogP contribution is 2.22. The largest absolute Gasteiger partial charge is 0.479 e. The molecule has 110 valence electrons. The first-order valence-corrected chi connectivity index (χ1v) is 7.44. The molecule has 2 rings (SSSR count). The minimum Gasteiger partial charge on any atom is -0.479 e. The van der Waals surface area contributed by atoms with Crippen LogP contribution >= 0.6 is 11.3 Å². The molecule has 1 aliphatic heterocycles. The van der Waals surface area contributed by atoms with Gasteiger partial charge in [0.25, 0.3) is 5.91 Å². The smallest absolute Gasteiger partial charge is 0.334 e. The highest BCUT2D eigenvalue weighted by molar-refractivity contribution is 7.13. The SMILES string of the molecule is CCCc1nc(C)c(C(=O)N2CCO[C@H](C(=O)O)C2)s1. The van der Waals surface area contributed by atoms with Gasteiger partial charge in [-0.1, -0.05) is 6.92 Å². The summed E-state index contributed by atoms with van der Waals surface area (Å²) >= 11 is 1.40. The maximum atomic E-state index is 12.5. The van der Waals surface area contributed by atoms with E-state index in [2.05, 4.69) is 11.9 Å². The van der Waals surface area contributed by atoms with Crippen LogP contribution in [0, 0.1) is 6.92 Å².